The van der Waals surface area contributed by atoms with Crippen LogP contribution in [-0.4, -0.2) is 6.04 Å². The van der Waals surface area contributed by atoms with Crippen LogP contribution in [0.25, 0.3) is 0 Å². The van der Waals surface area contributed by atoms with Gasteiger partial charge < -0.3 is 5.73 Å². The van der Waals surface area contributed by atoms with Crippen molar-refractivity contribution < 1.29 is 0 Å². The molecule has 10 heavy (non-hydrogen) atoms. The van der Waals surface area contributed by atoms with Crippen molar-refractivity contribution in [3.63, 3.8) is 0 Å². The first-order valence-corrected chi connectivity index (χ1v) is 4.45. The molecule has 0 unspecified atom stereocenters. The van der Waals surface area contributed by atoms with E-state index in [0.717, 1.165) is 11.8 Å². The summed E-state index contributed by atoms with van der Waals surface area (Å²) in [5.41, 5.74) is 5.83. The van der Waals surface area contributed by atoms with Gasteiger partial charge >= 0.3 is 0 Å². The fraction of sp³-hybridized carbons (Fsp3) is 1.00. The molecule has 1 nitrogen and oxygen atoms in total. The lowest BCUT2D eigenvalue weighted by Crippen LogP contribution is -2.30. The van der Waals surface area contributed by atoms with Gasteiger partial charge in [-0.1, -0.05) is 19.8 Å². The van der Waals surface area contributed by atoms with Crippen molar-refractivity contribution in [2.75, 3.05) is 0 Å². The largest absolute Gasteiger partial charge is 0.328 e. The first-order chi connectivity index (χ1) is 4.70. The van der Waals surface area contributed by atoms with Gasteiger partial charge in [-0.05, 0) is 31.6 Å². The molecule has 1 rings (SSSR count). The molecular weight excluding hydrogens is 122 g/mol. The summed E-state index contributed by atoms with van der Waals surface area (Å²) in [6, 6.07) is 0.419. The van der Waals surface area contributed by atoms with Crippen LogP contribution in [-0.2, 0) is 0 Å². The number of hydrogen-bond donors (Lipinski definition) is 1. The molecule has 0 aromatic carbocycles. The molecule has 1 aliphatic rings. The van der Waals surface area contributed by atoms with Crippen LogP contribution in [0.1, 0.15) is 39.5 Å². The summed E-state index contributed by atoms with van der Waals surface area (Å²) in [7, 11) is 0. The summed E-state index contributed by atoms with van der Waals surface area (Å²) in [6.45, 7) is 4.48. The van der Waals surface area contributed by atoms with E-state index in [4.69, 9.17) is 5.73 Å². The second-order valence-corrected chi connectivity index (χ2v) is 3.89. The van der Waals surface area contributed by atoms with Gasteiger partial charge in [0.05, 0.1) is 0 Å². The smallest absolute Gasteiger partial charge is 0.00388 e. The van der Waals surface area contributed by atoms with Crippen LogP contribution >= 0.6 is 0 Å². The first kappa shape index (κ1) is 8.06. The normalized spacial score (nSPS) is 37.5. The van der Waals surface area contributed by atoms with E-state index in [9.17, 15) is 0 Å². The van der Waals surface area contributed by atoms with Gasteiger partial charge in [0.25, 0.3) is 0 Å². The highest BCUT2D eigenvalue weighted by Gasteiger charge is 2.21. The van der Waals surface area contributed by atoms with Gasteiger partial charge in [0.15, 0.2) is 0 Å². The monoisotopic (exact) mass is 141 g/mol. The maximum atomic E-state index is 5.83. The fourth-order valence-electron chi connectivity index (χ4n) is 1.96. The zero-order valence-electron chi connectivity index (χ0n) is 7.14. The van der Waals surface area contributed by atoms with Crippen LogP contribution in [0.2, 0.25) is 0 Å². The number of rotatable bonds is 1. The molecule has 1 heteroatoms. The molecule has 0 aromatic rings. The third kappa shape index (κ3) is 1.98. The highest BCUT2D eigenvalue weighted by Crippen LogP contribution is 2.29. The van der Waals surface area contributed by atoms with Crippen LogP contribution < -0.4 is 5.73 Å². The van der Waals surface area contributed by atoms with Gasteiger partial charge in [-0.25, -0.2) is 0 Å². The van der Waals surface area contributed by atoms with Crippen LogP contribution in [0.4, 0.5) is 0 Å². The van der Waals surface area contributed by atoms with E-state index < -0.39 is 0 Å². The Morgan fingerprint density at radius 2 is 2.10 bits per heavy atom. The SMILES string of the molecule is C[C@@H]1CCC[C@H]([C@H](C)N)C1. The average molecular weight is 141 g/mol. The molecule has 0 radical (unpaired) electrons. The summed E-state index contributed by atoms with van der Waals surface area (Å²) in [5, 5.41) is 0. The van der Waals surface area contributed by atoms with Crippen molar-refractivity contribution in [2.24, 2.45) is 17.6 Å². The van der Waals surface area contributed by atoms with E-state index in [1.807, 2.05) is 0 Å². The lowest BCUT2D eigenvalue weighted by molar-refractivity contribution is 0.254. The Morgan fingerprint density at radius 1 is 1.40 bits per heavy atom. The minimum atomic E-state index is 0.419. The summed E-state index contributed by atoms with van der Waals surface area (Å²) in [5.74, 6) is 1.73. The van der Waals surface area contributed by atoms with E-state index in [1.54, 1.807) is 0 Å². The predicted octanol–water partition coefficient (Wildman–Crippen LogP) is 2.16. The van der Waals surface area contributed by atoms with E-state index in [0.29, 0.717) is 6.04 Å². The van der Waals surface area contributed by atoms with E-state index >= 15 is 0 Å². The van der Waals surface area contributed by atoms with Gasteiger partial charge in [0, 0.05) is 6.04 Å². The third-order valence-electron chi connectivity index (χ3n) is 2.72. The molecular formula is C9H19N. The molecule has 0 aromatic heterocycles. The first-order valence-electron chi connectivity index (χ1n) is 4.45. The molecule has 1 aliphatic carbocycles. The quantitative estimate of drug-likeness (QED) is 0.595. The Morgan fingerprint density at radius 3 is 2.50 bits per heavy atom. The van der Waals surface area contributed by atoms with Crippen molar-refractivity contribution in [2.45, 2.75) is 45.6 Å². The number of hydrogen-bond acceptors (Lipinski definition) is 1. The van der Waals surface area contributed by atoms with Crippen LogP contribution in [0.5, 0.6) is 0 Å². The van der Waals surface area contributed by atoms with Crippen molar-refractivity contribution in [1.29, 1.82) is 0 Å². The Bertz CT molecular complexity index is 98.9. The van der Waals surface area contributed by atoms with Crippen LogP contribution in [0.3, 0.4) is 0 Å². The zero-order valence-corrected chi connectivity index (χ0v) is 7.14. The van der Waals surface area contributed by atoms with Gasteiger partial charge in [0.2, 0.25) is 0 Å². The molecule has 60 valence electrons. The lowest BCUT2D eigenvalue weighted by Gasteiger charge is -2.29. The van der Waals surface area contributed by atoms with Crippen molar-refractivity contribution in [3.05, 3.63) is 0 Å². The van der Waals surface area contributed by atoms with Crippen molar-refractivity contribution in [3.8, 4) is 0 Å². The Kier molecular flexibility index (Phi) is 2.72. The Balaban J connectivity index is 2.32. The van der Waals surface area contributed by atoms with Crippen LogP contribution in [0.15, 0.2) is 0 Å². The minimum Gasteiger partial charge on any atom is -0.328 e. The van der Waals surface area contributed by atoms with E-state index in [2.05, 4.69) is 13.8 Å². The van der Waals surface area contributed by atoms with Gasteiger partial charge in [-0.3, -0.25) is 0 Å². The zero-order chi connectivity index (χ0) is 7.56. The Hall–Kier alpha value is -0.0400. The maximum absolute atomic E-state index is 5.83. The molecule has 1 fully saturated rings. The van der Waals surface area contributed by atoms with E-state index in [-0.39, 0.29) is 0 Å². The van der Waals surface area contributed by atoms with Gasteiger partial charge in [-0.2, -0.15) is 0 Å². The highest BCUT2D eigenvalue weighted by molar-refractivity contribution is 4.75. The van der Waals surface area contributed by atoms with Gasteiger partial charge in [-0.15, -0.1) is 0 Å². The molecule has 0 bridgehead atoms. The Labute approximate surface area is 64.0 Å². The average Bonchev–Trinajstić information content (AvgIpc) is 1.88. The summed E-state index contributed by atoms with van der Waals surface area (Å²) < 4.78 is 0. The second kappa shape index (κ2) is 3.38. The predicted molar refractivity (Wildman–Crippen MR) is 44.8 cm³/mol. The fourth-order valence-corrected chi connectivity index (χ4v) is 1.96. The molecule has 2 N–H and O–H groups in total. The molecule has 0 heterocycles. The molecule has 0 aliphatic heterocycles. The molecule has 0 spiro atoms. The minimum absolute atomic E-state index is 0.419. The highest BCUT2D eigenvalue weighted by atomic mass is 14.6. The molecule has 0 saturated heterocycles. The summed E-state index contributed by atoms with van der Waals surface area (Å²) >= 11 is 0. The number of nitrogens with two attached hydrogens (primary N) is 1. The standard InChI is InChI=1S/C9H19N/c1-7-4-3-5-9(6-7)8(2)10/h7-9H,3-6,10H2,1-2H3/t7-,8+,9+/m1/s1. The summed E-state index contributed by atoms with van der Waals surface area (Å²) in [6.07, 6.45) is 5.54. The van der Waals surface area contributed by atoms with Crippen molar-refractivity contribution >= 4 is 0 Å². The maximum Gasteiger partial charge on any atom is 0.00388 e. The van der Waals surface area contributed by atoms with E-state index in [1.165, 1.54) is 25.7 Å². The topological polar surface area (TPSA) is 26.0 Å². The molecule has 1 saturated carbocycles. The molecule has 0 amide bonds. The van der Waals surface area contributed by atoms with Crippen molar-refractivity contribution in [1.82, 2.24) is 0 Å². The lowest BCUT2D eigenvalue weighted by atomic mass is 9.79. The van der Waals surface area contributed by atoms with Crippen LogP contribution in [0, 0.1) is 11.8 Å². The van der Waals surface area contributed by atoms with Gasteiger partial charge in [0.1, 0.15) is 0 Å². The second-order valence-electron chi connectivity index (χ2n) is 3.89. The summed E-state index contributed by atoms with van der Waals surface area (Å²) in [4.78, 5) is 0. The third-order valence-corrected chi connectivity index (χ3v) is 2.72. The molecule has 3 atom stereocenters.